The first kappa shape index (κ1) is 20.2. The van der Waals surface area contributed by atoms with Crippen molar-refractivity contribution < 1.29 is 9.59 Å². The van der Waals surface area contributed by atoms with Crippen LogP contribution >= 0.6 is 0 Å². The summed E-state index contributed by atoms with van der Waals surface area (Å²) in [6.45, 7) is 2.10. The van der Waals surface area contributed by atoms with Crippen LogP contribution in [-0.4, -0.2) is 12.6 Å². The van der Waals surface area contributed by atoms with E-state index in [9.17, 15) is 9.59 Å². The molecule has 0 aromatic heterocycles. The lowest BCUT2D eigenvalue weighted by Crippen LogP contribution is -1.86. The molecule has 0 amide bonds. The highest BCUT2D eigenvalue weighted by Crippen LogP contribution is 2.27. The van der Waals surface area contributed by atoms with E-state index in [-0.39, 0.29) is 0 Å². The lowest BCUT2D eigenvalue weighted by Gasteiger charge is -2.09. The predicted octanol–water partition coefficient (Wildman–Crippen LogP) is 7.11. The zero-order valence-corrected chi connectivity index (χ0v) is 17.3. The molecule has 0 aliphatic rings. The number of fused-ring (bicyclic) bond motifs is 1. The molecule has 0 heterocycles. The lowest BCUT2D eigenvalue weighted by molar-refractivity contribution is 0.111. The van der Waals surface area contributed by atoms with Gasteiger partial charge in [0.1, 0.15) is 12.6 Å². The predicted molar refractivity (Wildman–Crippen MR) is 130 cm³/mol. The smallest absolute Gasteiger partial charge is 0.150 e. The van der Waals surface area contributed by atoms with Crippen molar-refractivity contribution in [3.63, 3.8) is 0 Å². The molecule has 0 bridgehead atoms. The third-order valence-corrected chi connectivity index (χ3v) is 5.30. The van der Waals surface area contributed by atoms with Crippen LogP contribution in [0.15, 0.2) is 78.9 Å². The van der Waals surface area contributed by atoms with E-state index in [1.54, 1.807) is 0 Å². The van der Waals surface area contributed by atoms with Gasteiger partial charge in [-0.1, -0.05) is 109 Å². The molecular formula is C29H22O2. The molecule has 4 aromatic carbocycles. The molecule has 2 nitrogen and oxygen atoms in total. The summed E-state index contributed by atoms with van der Waals surface area (Å²) in [4.78, 5) is 21.8. The van der Waals surface area contributed by atoms with Crippen LogP contribution in [0, 0.1) is 6.92 Å². The summed E-state index contributed by atoms with van der Waals surface area (Å²) >= 11 is 0. The molecule has 4 rings (SSSR count). The van der Waals surface area contributed by atoms with Gasteiger partial charge >= 0.3 is 0 Å². The summed E-state index contributed by atoms with van der Waals surface area (Å²) < 4.78 is 0. The average Bonchev–Trinajstić information content (AvgIpc) is 2.82. The van der Waals surface area contributed by atoms with Gasteiger partial charge in [-0.05, 0) is 39.9 Å². The number of aryl methyl sites for hydroxylation is 1. The number of rotatable bonds is 6. The number of benzene rings is 4. The van der Waals surface area contributed by atoms with E-state index in [1.807, 2.05) is 48.5 Å². The minimum absolute atomic E-state index is 0.669. The fourth-order valence-electron chi connectivity index (χ4n) is 3.54. The summed E-state index contributed by atoms with van der Waals surface area (Å²) in [5, 5.41) is 2.38. The zero-order valence-electron chi connectivity index (χ0n) is 17.3. The number of carbonyl (C=O) groups is 2. The number of aldehydes is 2. The van der Waals surface area contributed by atoms with Crippen molar-refractivity contribution in [3.8, 4) is 0 Å². The first-order valence-corrected chi connectivity index (χ1v) is 10.2. The Labute approximate surface area is 182 Å². The summed E-state index contributed by atoms with van der Waals surface area (Å²) in [5.41, 5.74) is 6.87. The van der Waals surface area contributed by atoms with Crippen LogP contribution in [-0.2, 0) is 0 Å². The molecule has 0 fully saturated rings. The van der Waals surface area contributed by atoms with Crippen molar-refractivity contribution in [1.29, 1.82) is 0 Å². The van der Waals surface area contributed by atoms with Crippen molar-refractivity contribution in [1.82, 2.24) is 0 Å². The molecule has 4 aromatic rings. The van der Waals surface area contributed by atoms with Crippen molar-refractivity contribution >= 4 is 47.6 Å². The fourth-order valence-corrected chi connectivity index (χ4v) is 3.54. The van der Waals surface area contributed by atoms with Gasteiger partial charge in [-0.3, -0.25) is 9.59 Å². The highest BCUT2D eigenvalue weighted by Gasteiger charge is 2.04. The van der Waals surface area contributed by atoms with Crippen molar-refractivity contribution in [2.75, 3.05) is 0 Å². The number of carbonyl (C=O) groups excluding carboxylic acids is 2. The summed E-state index contributed by atoms with van der Waals surface area (Å²) in [6.07, 6.45) is 10.1. The van der Waals surface area contributed by atoms with E-state index in [2.05, 4.69) is 61.6 Å². The molecule has 0 radical (unpaired) electrons. The Hall–Kier alpha value is -4.04. The van der Waals surface area contributed by atoms with Crippen LogP contribution in [0.4, 0.5) is 0 Å². The van der Waals surface area contributed by atoms with Gasteiger partial charge in [0, 0.05) is 11.1 Å². The molecule has 0 unspecified atom stereocenters. The molecule has 0 N–H and O–H groups in total. The summed E-state index contributed by atoms with van der Waals surface area (Å²) in [6, 6.07) is 25.8. The van der Waals surface area contributed by atoms with Crippen LogP contribution < -0.4 is 0 Å². The van der Waals surface area contributed by atoms with Gasteiger partial charge in [0.05, 0.1) is 0 Å². The standard InChI is InChI=1S/C29H22O2/c1-21-2-13-27-16-15-26(14-11-22-3-7-24(19-30)8-4-22)28(29(27)18-21)17-12-23-5-9-25(20-31)10-6-23/h2-20H,1H3/b14-11-,17-12-. The van der Waals surface area contributed by atoms with Crippen LogP contribution in [0.2, 0.25) is 0 Å². The first-order valence-electron chi connectivity index (χ1n) is 10.2. The molecule has 0 saturated carbocycles. The molecule has 0 aliphatic heterocycles. The van der Waals surface area contributed by atoms with Crippen molar-refractivity contribution in [2.24, 2.45) is 0 Å². The van der Waals surface area contributed by atoms with Crippen molar-refractivity contribution in [2.45, 2.75) is 6.92 Å². The average molecular weight is 402 g/mol. The molecule has 150 valence electrons. The highest BCUT2D eigenvalue weighted by molar-refractivity contribution is 5.97. The highest BCUT2D eigenvalue weighted by atomic mass is 16.1. The SMILES string of the molecule is Cc1ccc2ccc(/C=C\c3ccc(C=O)cc3)c(/C=C\c3ccc(C=O)cc3)c2c1. The van der Waals surface area contributed by atoms with Gasteiger partial charge in [-0.25, -0.2) is 0 Å². The molecule has 0 atom stereocenters. The van der Waals surface area contributed by atoms with Crippen LogP contribution in [0.25, 0.3) is 35.1 Å². The van der Waals surface area contributed by atoms with Crippen molar-refractivity contribution in [3.05, 3.63) is 118 Å². The second kappa shape index (κ2) is 9.19. The second-order valence-electron chi connectivity index (χ2n) is 7.53. The van der Waals surface area contributed by atoms with E-state index in [4.69, 9.17) is 0 Å². The Morgan fingerprint density at radius 1 is 0.548 bits per heavy atom. The van der Waals surface area contributed by atoms with E-state index < -0.39 is 0 Å². The minimum atomic E-state index is 0.669. The van der Waals surface area contributed by atoms with Crippen LogP contribution in [0.1, 0.15) is 48.5 Å². The Kier molecular flexibility index (Phi) is 6.00. The third kappa shape index (κ3) is 4.76. The van der Waals surface area contributed by atoms with E-state index in [1.165, 1.54) is 16.3 Å². The quantitative estimate of drug-likeness (QED) is 0.254. The maximum Gasteiger partial charge on any atom is 0.150 e. The van der Waals surface area contributed by atoms with Crippen LogP contribution in [0.5, 0.6) is 0 Å². The Morgan fingerprint density at radius 3 is 1.65 bits per heavy atom. The van der Waals surface area contributed by atoms with E-state index in [0.29, 0.717) is 11.1 Å². The Morgan fingerprint density at radius 2 is 1.06 bits per heavy atom. The molecule has 2 heteroatoms. The van der Waals surface area contributed by atoms with Gasteiger partial charge in [-0.15, -0.1) is 0 Å². The van der Waals surface area contributed by atoms with Gasteiger partial charge in [-0.2, -0.15) is 0 Å². The maximum atomic E-state index is 10.9. The van der Waals surface area contributed by atoms with Gasteiger partial charge in [0.2, 0.25) is 0 Å². The van der Waals surface area contributed by atoms with Gasteiger partial charge in [0.15, 0.2) is 0 Å². The zero-order chi connectivity index (χ0) is 21.6. The molecular weight excluding hydrogens is 380 g/mol. The second-order valence-corrected chi connectivity index (χ2v) is 7.53. The largest absolute Gasteiger partial charge is 0.298 e. The Balaban J connectivity index is 1.76. The van der Waals surface area contributed by atoms with Gasteiger partial charge < -0.3 is 0 Å². The number of hydrogen-bond acceptors (Lipinski definition) is 2. The summed E-state index contributed by atoms with van der Waals surface area (Å²) in [5.74, 6) is 0. The fraction of sp³-hybridized carbons (Fsp3) is 0.0345. The molecule has 0 saturated heterocycles. The molecule has 31 heavy (non-hydrogen) atoms. The third-order valence-electron chi connectivity index (χ3n) is 5.30. The number of hydrogen-bond donors (Lipinski definition) is 0. The topological polar surface area (TPSA) is 34.1 Å². The molecule has 0 aliphatic carbocycles. The normalized spacial score (nSPS) is 11.4. The monoisotopic (exact) mass is 402 g/mol. The maximum absolute atomic E-state index is 10.9. The van der Waals surface area contributed by atoms with Crippen LogP contribution in [0.3, 0.4) is 0 Å². The lowest BCUT2D eigenvalue weighted by atomic mass is 9.95. The first-order chi connectivity index (χ1) is 15.2. The molecule has 0 spiro atoms. The summed E-state index contributed by atoms with van der Waals surface area (Å²) in [7, 11) is 0. The minimum Gasteiger partial charge on any atom is -0.298 e. The Bertz CT molecular complexity index is 1290. The van der Waals surface area contributed by atoms with E-state index >= 15 is 0 Å². The van der Waals surface area contributed by atoms with Gasteiger partial charge in [0.25, 0.3) is 0 Å². The van der Waals surface area contributed by atoms with E-state index in [0.717, 1.165) is 34.8 Å².